The summed E-state index contributed by atoms with van der Waals surface area (Å²) < 4.78 is 29.9. The maximum absolute atomic E-state index is 12.2. The zero-order valence-corrected chi connectivity index (χ0v) is 11.7. The van der Waals surface area contributed by atoms with E-state index in [1.165, 1.54) is 5.01 Å². The van der Waals surface area contributed by atoms with Gasteiger partial charge in [0.25, 0.3) is 16.0 Å². The van der Waals surface area contributed by atoms with Crippen LogP contribution in [0.4, 0.5) is 5.69 Å². The van der Waals surface area contributed by atoms with Crippen molar-refractivity contribution in [2.75, 3.05) is 17.4 Å². The van der Waals surface area contributed by atoms with E-state index < -0.39 is 21.9 Å². The predicted octanol–water partition coefficient (Wildman–Crippen LogP) is 0.460. The Kier molecular flexibility index (Phi) is 4.17. The van der Waals surface area contributed by atoms with Crippen molar-refractivity contribution in [3.05, 3.63) is 30.3 Å². The van der Waals surface area contributed by atoms with Gasteiger partial charge in [-0.25, -0.2) is 5.01 Å². The lowest BCUT2D eigenvalue weighted by atomic mass is 10.1. The average Bonchev–Trinajstić information content (AvgIpc) is 2.66. The molecule has 1 unspecified atom stereocenters. The summed E-state index contributed by atoms with van der Waals surface area (Å²) in [6.07, 6.45) is 0. The molecule has 20 heavy (non-hydrogen) atoms. The maximum Gasteiger partial charge on any atom is 0.278 e. The Bertz CT molecular complexity index is 627. The molecular weight excluding hydrogens is 282 g/mol. The van der Waals surface area contributed by atoms with Gasteiger partial charge in [-0.15, -0.1) is 0 Å². The van der Waals surface area contributed by atoms with Crippen LogP contribution in [0.2, 0.25) is 0 Å². The molecule has 1 amide bonds. The minimum Gasteiger partial charge on any atom is -0.301 e. The van der Waals surface area contributed by atoms with Crippen molar-refractivity contribution >= 4 is 27.4 Å². The first-order valence-corrected chi connectivity index (χ1v) is 7.59. The van der Waals surface area contributed by atoms with E-state index >= 15 is 0 Å². The predicted molar refractivity (Wildman–Crippen MR) is 74.9 cm³/mol. The Labute approximate surface area is 117 Å². The zero-order valence-electron chi connectivity index (χ0n) is 10.9. The molecule has 1 aliphatic rings. The van der Waals surface area contributed by atoms with Gasteiger partial charge in [-0.1, -0.05) is 18.2 Å². The Morgan fingerprint density at radius 2 is 2.00 bits per heavy atom. The third-order valence-electron chi connectivity index (χ3n) is 2.90. The maximum atomic E-state index is 12.2. The molecule has 1 atom stereocenters. The molecular formula is C12H15N3O4S. The highest BCUT2D eigenvalue weighted by molar-refractivity contribution is 7.85. The molecule has 0 radical (unpaired) electrons. The third kappa shape index (κ3) is 3.41. The summed E-state index contributed by atoms with van der Waals surface area (Å²) in [5.41, 5.74) is 1.26. The number of hydrazone groups is 1. The van der Waals surface area contributed by atoms with Crippen molar-refractivity contribution in [2.45, 2.75) is 6.92 Å². The lowest BCUT2D eigenvalue weighted by molar-refractivity contribution is -0.119. The molecule has 1 aromatic carbocycles. The monoisotopic (exact) mass is 297 g/mol. The molecule has 1 aromatic rings. The molecule has 2 rings (SSSR count). The average molecular weight is 297 g/mol. The minimum atomic E-state index is -4.09. The van der Waals surface area contributed by atoms with Gasteiger partial charge in [0.2, 0.25) is 0 Å². The largest absolute Gasteiger partial charge is 0.301 e. The smallest absolute Gasteiger partial charge is 0.278 e. The van der Waals surface area contributed by atoms with Gasteiger partial charge in [0.1, 0.15) is 5.88 Å². The van der Waals surface area contributed by atoms with Crippen LogP contribution in [0.25, 0.3) is 0 Å². The summed E-state index contributed by atoms with van der Waals surface area (Å²) >= 11 is 0. The molecule has 0 bridgehead atoms. The van der Waals surface area contributed by atoms with Gasteiger partial charge in [-0.05, 0) is 19.1 Å². The quantitative estimate of drug-likeness (QED) is 0.769. The molecule has 0 fully saturated rings. The van der Waals surface area contributed by atoms with Crippen LogP contribution in [0.5, 0.6) is 0 Å². The van der Waals surface area contributed by atoms with Gasteiger partial charge >= 0.3 is 0 Å². The van der Waals surface area contributed by atoms with E-state index in [9.17, 15) is 13.2 Å². The number of para-hydroxylation sites is 1. The van der Waals surface area contributed by atoms with Crippen LogP contribution in [0, 0.1) is 5.92 Å². The van der Waals surface area contributed by atoms with Gasteiger partial charge in [-0.2, -0.15) is 13.5 Å². The van der Waals surface area contributed by atoms with Gasteiger partial charge in [0.05, 0.1) is 11.6 Å². The van der Waals surface area contributed by atoms with Crippen LogP contribution >= 0.6 is 0 Å². The first-order valence-electron chi connectivity index (χ1n) is 5.98. The fourth-order valence-corrected chi connectivity index (χ4v) is 2.30. The summed E-state index contributed by atoms with van der Waals surface area (Å²) in [6.45, 7) is 1.82. The second-order valence-corrected chi connectivity index (χ2v) is 5.91. The molecule has 0 spiro atoms. The summed E-state index contributed by atoms with van der Waals surface area (Å²) in [5, 5.41) is 8.02. The molecule has 0 aromatic heterocycles. The van der Waals surface area contributed by atoms with E-state index in [-0.39, 0.29) is 12.5 Å². The zero-order chi connectivity index (χ0) is 14.8. The number of hydrogen-bond donors (Lipinski definition) is 2. The number of benzene rings is 1. The summed E-state index contributed by atoms with van der Waals surface area (Å²) in [7, 11) is -4.09. The number of anilines is 1. The Balaban J connectivity index is 2.04. The third-order valence-corrected chi connectivity index (χ3v) is 3.47. The highest BCUT2D eigenvalue weighted by atomic mass is 32.2. The number of nitrogens with zero attached hydrogens (tertiary/aromatic N) is 2. The topological polar surface area (TPSA) is 99.1 Å². The molecule has 0 saturated heterocycles. The van der Waals surface area contributed by atoms with Gasteiger partial charge in [0.15, 0.2) is 0 Å². The van der Waals surface area contributed by atoms with Crippen molar-refractivity contribution in [1.82, 2.24) is 5.32 Å². The second-order valence-electron chi connectivity index (χ2n) is 4.46. The van der Waals surface area contributed by atoms with Crippen molar-refractivity contribution < 1.29 is 17.8 Å². The summed E-state index contributed by atoms with van der Waals surface area (Å²) in [5.74, 6) is -1.34. The highest BCUT2D eigenvalue weighted by Crippen LogP contribution is 2.23. The van der Waals surface area contributed by atoms with Crippen LogP contribution in [0.15, 0.2) is 35.4 Å². The van der Waals surface area contributed by atoms with Gasteiger partial charge in [-0.3, -0.25) is 9.35 Å². The lowest BCUT2D eigenvalue weighted by Gasteiger charge is -2.14. The molecule has 1 aliphatic heterocycles. The molecule has 2 N–H and O–H groups in total. The Morgan fingerprint density at radius 3 is 2.60 bits per heavy atom. The van der Waals surface area contributed by atoms with E-state index in [0.29, 0.717) is 11.4 Å². The molecule has 7 nitrogen and oxygen atoms in total. The normalized spacial score (nSPS) is 19.3. The SMILES string of the molecule is CC1=NN(c2ccccc2)C(=O)C1CNCS(=O)(=O)O. The number of nitrogens with one attached hydrogen (secondary N) is 1. The van der Waals surface area contributed by atoms with Crippen molar-refractivity contribution in [3.63, 3.8) is 0 Å². The van der Waals surface area contributed by atoms with Crippen LogP contribution in [0.1, 0.15) is 6.92 Å². The molecule has 8 heteroatoms. The second kappa shape index (κ2) is 5.70. The Hall–Kier alpha value is -1.77. The van der Waals surface area contributed by atoms with E-state index in [1.54, 1.807) is 31.2 Å². The standard InChI is InChI=1S/C12H15N3O4S/c1-9-11(7-13-8-20(17,18)19)12(16)15(14-9)10-5-3-2-4-6-10/h2-6,11,13H,7-8H2,1H3,(H,17,18,19). The highest BCUT2D eigenvalue weighted by Gasteiger charge is 2.34. The summed E-state index contributed by atoms with van der Waals surface area (Å²) in [6, 6.07) is 8.98. The lowest BCUT2D eigenvalue weighted by Crippen LogP contribution is -2.36. The first-order chi connectivity index (χ1) is 9.38. The molecule has 1 heterocycles. The molecule has 0 aliphatic carbocycles. The van der Waals surface area contributed by atoms with Crippen molar-refractivity contribution in [1.29, 1.82) is 0 Å². The number of carbonyl (C=O) groups is 1. The van der Waals surface area contributed by atoms with Gasteiger partial charge in [0, 0.05) is 12.3 Å². The fraction of sp³-hybridized carbons (Fsp3) is 0.333. The van der Waals surface area contributed by atoms with Crippen molar-refractivity contribution in [3.8, 4) is 0 Å². The fourth-order valence-electron chi connectivity index (χ4n) is 1.92. The van der Waals surface area contributed by atoms with E-state index in [4.69, 9.17) is 4.55 Å². The van der Waals surface area contributed by atoms with E-state index in [2.05, 4.69) is 10.4 Å². The molecule has 0 saturated carbocycles. The van der Waals surface area contributed by atoms with E-state index in [1.807, 2.05) is 6.07 Å². The number of rotatable bonds is 5. The van der Waals surface area contributed by atoms with E-state index in [0.717, 1.165) is 0 Å². The van der Waals surface area contributed by atoms with Crippen LogP contribution in [0.3, 0.4) is 0 Å². The van der Waals surface area contributed by atoms with Crippen LogP contribution in [-0.2, 0) is 14.9 Å². The van der Waals surface area contributed by atoms with Gasteiger partial charge < -0.3 is 5.32 Å². The summed E-state index contributed by atoms with van der Waals surface area (Å²) in [4.78, 5) is 12.2. The Morgan fingerprint density at radius 1 is 1.35 bits per heavy atom. The van der Waals surface area contributed by atoms with Crippen LogP contribution in [-0.4, -0.2) is 37.0 Å². The molecule has 108 valence electrons. The number of hydrogen-bond acceptors (Lipinski definition) is 5. The minimum absolute atomic E-state index is 0.108. The first kappa shape index (κ1) is 14.6. The van der Waals surface area contributed by atoms with Crippen molar-refractivity contribution in [2.24, 2.45) is 11.0 Å². The number of carbonyl (C=O) groups excluding carboxylic acids is 1. The van der Waals surface area contributed by atoms with Crippen LogP contribution < -0.4 is 10.3 Å². The number of amides is 1.